The first kappa shape index (κ1) is 9.71. The summed E-state index contributed by atoms with van der Waals surface area (Å²) in [7, 11) is 3.81. The second kappa shape index (κ2) is 3.73. The van der Waals surface area contributed by atoms with E-state index in [4.69, 9.17) is 0 Å². The maximum Gasteiger partial charge on any atom is 0.158 e. The second-order valence-corrected chi connectivity index (χ2v) is 3.44. The van der Waals surface area contributed by atoms with Crippen molar-refractivity contribution in [2.45, 2.75) is 6.92 Å². The van der Waals surface area contributed by atoms with Gasteiger partial charge in [-0.2, -0.15) is 5.10 Å². The van der Waals surface area contributed by atoms with Gasteiger partial charge in [0.05, 0.1) is 0 Å². The Morgan fingerprint density at radius 1 is 1.33 bits per heavy atom. The van der Waals surface area contributed by atoms with Crippen molar-refractivity contribution in [1.29, 1.82) is 0 Å². The van der Waals surface area contributed by atoms with Gasteiger partial charge < -0.3 is 5.32 Å². The molecule has 0 radical (unpaired) electrons. The van der Waals surface area contributed by atoms with Crippen LogP contribution in [0, 0.1) is 6.92 Å². The minimum atomic E-state index is 0.794. The Morgan fingerprint density at radius 3 is 2.73 bits per heavy atom. The second-order valence-electron chi connectivity index (χ2n) is 3.44. The molecule has 0 aliphatic rings. The number of nitrogens with one attached hydrogen (secondary N) is 1. The molecule has 15 heavy (non-hydrogen) atoms. The van der Waals surface area contributed by atoms with Crippen LogP contribution in [0.2, 0.25) is 0 Å². The molecule has 0 spiro atoms. The summed E-state index contributed by atoms with van der Waals surface area (Å²) in [5, 5.41) is 7.33. The van der Waals surface area contributed by atoms with Crippen molar-refractivity contribution in [2.75, 3.05) is 12.4 Å². The number of anilines is 1. The zero-order valence-corrected chi connectivity index (χ0v) is 9.15. The van der Waals surface area contributed by atoms with E-state index in [1.807, 2.05) is 39.2 Å². The predicted molar refractivity (Wildman–Crippen MR) is 60.7 cm³/mol. The maximum atomic E-state index is 4.38. The van der Waals surface area contributed by atoms with E-state index in [1.165, 1.54) is 0 Å². The Bertz CT molecular complexity index is 473. The molecule has 0 fully saturated rings. The molecule has 78 valence electrons. The van der Waals surface area contributed by atoms with Crippen LogP contribution in [0.1, 0.15) is 5.82 Å². The largest absolute Gasteiger partial charge is 0.388 e. The fourth-order valence-electron chi connectivity index (χ4n) is 1.58. The number of nitrogens with zero attached hydrogens (tertiary/aromatic N) is 3. The van der Waals surface area contributed by atoms with Gasteiger partial charge in [-0.3, -0.25) is 0 Å². The molecule has 4 heteroatoms. The Morgan fingerprint density at radius 2 is 2.13 bits per heavy atom. The highest BCUT2D eigenvalue weighted by molar-refractivity contribution is 5.62. The number of benzene rings is 1. The summed E-state index contributed by atoms with van der Waals surface area (Å²) in [4.78, 5) is 4.38. The summed E-state index contributed by atoms with van der Waals surface area (Å²) in [6.45, 7) is 1.89. The smallest absolute Gasteiger partial charge is 0.158 e. The average molecular weight is 202 g/mol. The maximum absolute atomic E-state index is 4.38. The molecule has 1 aromatic carbocycles. The SMILES string of the molecule is CNc1cccc(-c2nc(C)nn2C)c1. The van der Waals surface area contributed by atoms with Crippen molar-refractivity contribution >= 4 is 5.69 Å². The van der Waals surface area contributed by atoms with Crippen LogP contribution >= 0.6 is 0 Å². The minimum Gasteiger partial charge on any atom is -0.388 e. The van der Waals surface area contributed by atoms with Gasteiger partial charge in [0.2, 0.25) is 0 Å². The van der Waals surface area contributed by atoms with Crippen molar-refractivity contribution in [2.24, 2.45) is 7.05 Å². The van der Waals surface area contributed by atoms with Crippen LogP contribution in [0.5, 0.6) is 0 Å². The van der Waals surface area contributed by atoms with Crippen molar-refractivity contribution in [3.8, 4) is 11.4 Å². The molecule has 2 rings (SSSR count). The van der Waals surface area contributed by atoms with Crippen LogP contribution in [0.4, 0.5) is 5.69 Å². The number of hydrogen-bond donors (Lipinski definition) is 1. The highest BCUT2D eigenvalue weighted by atomic mass is 15.3. The van der Waals surface area contributed by atoms with Crippen molar-refractivity contribution in [1.82, 2.24) is 14.8 Å². The molecule has 4 nitrogen and oxygen atoms in total. The monoisotopic (exact) mass is 202 g/mol. The number of aromatic nitrogens is 3. The lowest BCUT2D eigenvalue weighted by atomic mass is 10.2. The molecule has 0 amide bonds. The molecule has 0 atom stereocenters. The standard InChI is InChI=1S/C11H14N4/c1-8-13-11(15(3)14-8)9-5-4-6-10(7-9)12-2/h4-7,12H,1-3H3. The quantitative estimate of drug-likeness (QED) is 0.808. The van der Waals surface area contributed by atoms with E-state index in [0.717, 1.165) is 22.9 Å². The van der Waals surface area contributed by atoms with Crippen molar-refractivity contribution < 1.29 is 0 Å². The fourth-order valence-corrected chi connectivity index (χ4v) is 1.58. The van der Waals surface area contributed by atoms with Gasteiger partial charge in [0.25, 0.3) is 0 Å². The van der Waals surface area contributed by atoms with Crippen molar-refractivity contribution in [3.63, 3.8) is 0 Å². The Balaban J connectivity index is 2.49. The molecule has 1 aromatic heterocycles. The van der Waals surface area contributed by atoms with E-state index in [0.29, 0.717) is 0 Å². The van der Waals surface area contributed by atoms with E-state index < -0.39 is 0 Å². The molecule has 0 bridgehead atoms. The van der Waals surface area contributed by atoms with Crippen LogP contribution in [0.15, 0.2) is 24.3 Å². The van der Waals surface area contributed by atoms with Gasteiger partial charge in [-0.25, -0.2) is 9.67 Å². The van der Waals surface area contributed by atoms with Gasteiger partial charge in [-0.15, -0.1) is 0 Å². The average Bonchev–Trinajstić information content (AvgIpc) is 2.58. The van der Waals surface area contributed by atoms with E-state index in [2.05, 4.69) is 21.5 Å². The van der Waals surface area contributed by atoms with E-state index in [1.54, 1.807) is 4.68 Å². The minimum absolute atomic E-state index is 0.794. The Kier molecular flexibility index (Phi) is 2.41. The number of hydrogen-bond acceptors (Lipinski definition) is 3. The lowest BCUT2D eigenvalue weighted by Gasteiger charge is -2.03. The molecule has 2 aromatic rings. The third-order valence-corrected chi connectivity index (χ3v) is 2.28. The van der Waals surface area contributed by atoms with Crippen LogP contribution in [0.3, 0.4) is 0 Å². The molecular formula is C11H14N4. The third-order valence-electron chi connectivity index (χ3n) is 2.28. The molecule has 1 heterocycles. The number of aryl methyl sites for hydroxylation is 2. The molecule has 0 saturated heterocycles. The van der Waals surface area contributed by atoms with Gasteiger partial charge in [0, 0.05) is 25.3 Å². The van der Waals surface area contributed by atoms with Crippen molar-refractivity contribution in [3.05, 3.63) is 30.1 Å². The molecule has 1 N–H and O–H groups in total. The lowest BCUT2D eigenvalue weighted by Crippen LogP contribution is -1.95. The van der Waals surface area contributed by atoms with E-state index >= 15 is 0 Å². The summed E-state index contributed by atoms with van der Waals surface area (Å²) in [5.74, 6) is 1.69. The van der Waals surface area contributed by atoms with Gasteiger partial charge >= 0.3 is 0 Å². The Labute approximate surface area is 89.0 Å². The molecular weight excluding hydrogens is 188 g/mol. The van der Waals surface area contributed by atoms with Crippen LogP contribution in [-0.4, -0.2) is 21.8 Å². The number of rotatable bonds is 2. The highest BCUT2D eigenvalue weighted by Crippen LogP contribution is 2.20. The van der Waals surface area contributed by atoms with Gasteiger partial charge in [0.15, 0.2) is 5.82 Å². The van der Waals surface area contributed by atoms with E-state index in [-0.39, 0.29) is 0 Å². The first-order valence-electron chi connectivity index (χ1n) is 4.86. The summed E-state index contributed by atoms with van der Waals surface area (Å²) in [6.07, 6.45) is 0. The molecule has 0 aliphatic heterocycles. The third kappa shape index (κ3) is 1.83. The van der Waals surface area contributed by atoms with E-state index in [9.17, 15) is 0 Å². The van der Waals surface area contributed by atoms with Crippen LogP contribution < -0.4 is 5.32 Å². The fraction of sp³-hybridized carbons (Fsp3) is 0.273. The normalized spacial score (nSPS) is 10.3. The predicted octanol–water partition coefficient (Wildman–Crippen LogP) is 1.83. The molecule has 0 unspecified atom stereocenters. The summed E-state index contributed by atoms with van der Waals surface area (Å²) in [6, 6.07) is 8.12. The lowest BCUT2D eigenvalue weighted by molar-refractivity contribution is 0.764. The van der Waals surface area contributed by atoms with Gasteiger partial charge in [0.1, 0.15) is 5.82 Å². The van der Waals surface area contributed by atoms with Gasteiger partial charge in [-0.05, 0) is 19.1 Å². The molecule has 0 aliphatic carbocycles. The molecule has 0 saturated carbocycles. The summed E-state index contributed by atoms with van der Waals surface area (Å²) in [5.41, 5.74) is 2.15. The first-order valence-corrected chi connectivity index (χ1v) is 4.86. The topological polar surface area (TPSA) is 42.7 Å². The summed E-state index contributed by atoms with van der Waals surface area (Å²) >= 11 is 0. The first-order chi connectivity index (χ1) is 7.20. The van der Waals surface area contributed by atoms with Gasteiger partial charge in [-0.1, -0.05) is 12.1 Å². The van der Waals surface area contributed by atoms with Crippen LogP contribution in [-0.2, 0) is 7.05 Å². The Hall–Kier alpha value is -1.84. The zero-order chi connectivity index (χ0) is 10.8. The highest BCUT2D eigenvalue weighted by Gasteiger charge is 2.06. The summed E-state index contributed by atoms with van der Waals surface area (Å²) < 4.78 is 1.80. The zero-order valence-electron chi connectivity index (χ0n) is 9.15. The van der Waals surface area contributed by atoms with Crippen LogP contribution in [0.25, 0.3) is 11.4 Å².